The number of hydrogen-bond donors (Lipinski definition) is 0. The highest BCUT2D eigenvalue weighted by atomic mass is 15.4. The second kappa shape index (κ2) is 5.40. The van der Waals surface area contributed by atoms with Crippen molar-refractivity contribution in [2.75, 3.05) is 0 Å². The fourth-order valence-electron chi connectivity index (χ4n) is 2.85. The molecule has 0 spiro atoms. The van der Waals surface area contributed by atoms with E-state index in [-0.39, 0.29) is 0 Å². The van der Waals surface area contributed by atoms with E-state index in [2.05, 4.69) is 41.1 Å². The van der Waals surface area contributed by atoms with Gasteiger partial charge >= 0.3 is 0 Å². The van der Waals surface area contributed by atoms with Crippen LogP contribution in [0.1, 0.15) is 35.5 Å². The van der Waals surface area contributed by atoms with E-state index in [0.29, 0.717) is 6.54 Å². The molecule has 0 amide bonds. The van der Waals surface area contributed by atoms with E-state index in [1.165, 1.54) is 11.3 Å². The summed E-state index contributed by atoms with van der Waals surface area (Å²) in [6.45, 7) is 8.81. The van der Waals surface area contributed by atoms with Crippen molar-refractivity contribution in [3.63, 3.8) is 0 Å². The summed E-state index contributed by atoms with van der Waals surface area (Å²) in [7, 11) is 1.90. The molecule has 0 aliphatic rings. The lowest BCUT2D eigenvalue weighted by molar-refractivity contribution is 0.599. The number of aromatic nitrogens is 7. The van der Waals surface area contributed by atoms with E-state index in [9.17, 15) is 0 Å². The van der Waals surface area contributed by atoms with E-state index in [1.54, 1.807) is 10.9 Å². The summed E-state index contributed by atoms with van der Waals surface area (Å²) >= 11 is 0. The van der Waals surface area contributed by atoms with E-state index >= 15 is 0 Å². The summed E-state index contributed by atoms with van der Waals surface area (Å²) in [5.74, 6) is 2.50. The minimum absolute atomic E-state index is 0.596. The van der Waals surface area contributed by atoms with Crippen molar-refractivity contribution >= 4 is 0 Å². The Hall–Kier alpha value is -2.44. The molecule has 3 aromatic heterocycles. The summed E-state index contributed by atoms with van der Waals surface area (Å²) in [5.41, 5.74) is 3.59. The molecule has 0 unspecified atom stereocenters. The quantitative estimate of drug-likeness (QED) is 0.736. The predicted octanol–water partition coefficient (Wildman–Crippen LogP) is 1.73. The van der Waals surface area contributed by atoms with E-state index < -0.39 is 0 Å². The van der Waals surface area contributed by atoms with Gasteiger partial charge in [0.25, 0.3) is 0 Å². The first kappa shape index (κ1) is 14.5. The molecule has 0 N–H and O–H groups in total. The fraction of sp³-hybridized carbons (Fsp3) is 0.467. The monoisotopic (exact) mass is 299 g/mol. The third-order valence-corrected chi connectivity index (χ3v) is 3.97. The average Bonchev–Trinajstić information content (AvgIpc) is 3.10. The zero-order valence-electron chi connectivity index (χ0n) is 13.7. The Morgan fingerprint density at radius 2 is 1.91 bits per heavy atom. The summed E-state index contributed by atoms with van der Waals surface area (Å²) in [5, 5.41) is 13.3. The van der Waals surface area contributed by atoms with Gasteiger partial charge in [-0.05, 0) is 32.8 Å². The van der Waals surface area contributed by atoms with Gasteiger partial charge < -0.3 is 0 Å². The first-order chi connectivity index (χ1) is 10.5. The minimum Gasteiger partial charge on any atom is -0.262 e. The third kappa shape index (κ3) is 2.32. The smallest absolute Gasteiger partial charge is 0.156 e. The van der Waals surface area contributed by atoms with Gasteiger partial charge in [0, 0.05) is 18.8 Å². The molecule has 0 saturated carbocycles. The van der Waals surface area contributed by atoms with E-state index in [1.807, 2.05) is 29.4 Å². The number of aryl methyl sites for hydroxylation is 3. The molecule has 7 heteroatoms. The molecule has 3 rings (SSSR count). The third-order valence-electron chi connectivity index (χ3n) is 3.97. The first-order valence-electron chi connectivity index (χ1n) is 7.45. The maximum atomic E-state index is 4.64. The highest BCUT2D eigenvalue weighted by molar-refractivity contribution is 5.26. The van der Waals surface area contributed by atoms with Crippen molar-refractivity contribution < 1.29 is 0 Å². The molecule has 0 aromatic carbocycles. The van der Waals surface area contributed by atoms with Crippen molar-refractivity contribution in [3.8, 4) is 5.82 Å². The molecule has 0 radical (unpaired) electrons. The standard InChI is InChI=1S/C15H21N7/c1-6-13-10(2)18-21(11(13)3)9-14-17-12(4)19-22(14)15-7-8-16-20(15)5/h7-8H,6,9H2,1-5H3. The summed E-state index contributed by atoms with van der Waals surface area (Å²) in [6, 6.07) is 1.93. The topological polar surface area (TPSA) is 66.3 Å². The van der Waals surface area contributed by atoms with E-state index in [0.717, 1.165) is 29.6 Å². The van der Waals surface area contributed by atoms with Gasteiger partial charge in [-0.15, -0.1) is 5.10 Å². The molecule has 0 aliphatic heterocycles. The summed E-state index contributed by atoms with van der Waals surface area (Å²) in [6.07, 6.45) is 2.75. The van der Waals surface area contributed by atoms with Crippen LogP contribution in [0.4, 0.5) is 0 Å². The van der Waals surface area contributed by atoms with Crippen LogP contribution in [0.15, 0.2) is 12.3 Å². The van der Waals surface area contributed by atoms with Crippen molar-refractivity contribution in [3.05, 3.63) is 40.9 Å². The van der Waals surface area contributed by atoms with Crippen LogP contribution in [0.3, 0.4) is 0 Å². The number of nitrogens with zero attached hydrogens (tertiary/aromatic N) is 7. The molecule has 116 valence electrons. The van der Waals surface area contributed by atoms with Crippen LogP contribution in [-0.2, 0) is 20.0 Å². The Bertz CT molecular complexity index is 806. The Labute approximate surface area is 129 Å². The van der Waals surface area contributed by atoms with Crippen molar-refractivity contribution in [1.82, 2.24) is 34.3 Å². The molecule has 22 heavy (non-hydrogen) atoms. The van der Waals surface area contributed by atoms with Gasteiger partial charge in [-0.1, -0.05) is 6.92 Å². The Morgan fingerprint density at radius 1 is 1.14 bits per heavy atom. The highest BCUT2D eigenvalue weighted by Crippen LogP contribution is 2.16. The fourth-order valence-corrected chi connectivity index (χ4v) is 2.85. The first-order valence-corrected chi connectivity index (χ1v) is 7.45. The van der Waals surface area contributed by atoms with Crippen LogP contribution in [0.25, 0.3) is 5.82 Å². The molecular weight excluding hydrogens is 278 g/mol. The van der Waals surface area contributed by atoms with Gasteiger partial charge in [0.15, 0.2) is 11.6 Å². The number of hydrogen-bond acceptors (Lipinski definition) is 4. The predicted molar refractivity (Wildman–Crippen MR) is 83.0 cm³/mol. The van der Waals surface area contributed by atoms with Crippen molar-refractivity contribution in [2.24, 2.45) is 7.05 Å². The normalized spacial score (nSPS) is 11.3. The van der Waals surface area contributed by atoms with Crippen LogP contribution in [0.5, 0.6) is 0 Å². The van der Waals surface area contributed by atoms with Crippen LogP contribution in [-0.4, -0.2) is 34.3 Å². The van der Waals surface area contributed by atoms with Crippen LogP contribution >= 0.6 is 0 Å². The zero-order chi connectivity index (χ0) is 15.9. The van der Waals surface area contributed by atoms with Gasteiger partial charge in [0.1, 0.15) is 12.4 Å². The van der Waals surface area contributed by atoms with Gasteiger partial charge in [-0.25, -0.2) is 4.98 Å². The van der Waals surface area contributed by atoms with Crippen molar-refractivity contribution in [1.29, 1.82) is 0 Å². The van der Waals surface area contributed by atoms with Gasteiger partial charge in [-0.3, -0.25) is 9.36 Å². The summed E-state index contributed by atoms with van der Waals surface area (Å²) < 4.78 is 5.63. The highest BCUT2D eigenvalue weighted by Gasteiger charge is 2.16. The molecule has 3 aromatic rings. The van der Waals surface area contributed by atoms with Crippen molar-refractivity contribution in [2.45, 2.75) is 40.7 Å². The van der Waals surface area contributed by atoms with Crippen LogP contribution < -0.4 is 0 Å². The van der Waals surface area contributed by atoms with Gasteiger partial charge in [0.2, 0.25) is 0 Å². The molecule has 0 fully saturated rings. The van der Waals surface area contributed by atoms with Gasteiger partial charge in [-0.2, -0.15) is 14.9 Å². The lowest BCUT2D eigenvalue weighted by Gasteiger charge is -2.07. The van der Waals surface area contributed by atoms with Crippen LogP contribution in [0, 0.1) is 20.8 Å². The molecule has 0 saturated heterocycles. The van der Waals surface area contributed by atoms with E-state index in [4.69, 9.17) is 0 Å². The Kier molecular flexibility index (Phi) is 3.56. The Morgan fingerprint density at radius 3 is 2.50 bits per heavy atom. The van der Waals surface area contributed by atoms with Gasteiger partial charge in [0.05, 0.1) is 11.9 Å². The minimum atomic E-state index is 0.596. The molecule has 3 heterocycles. The molecule has 0 aliphatic carbocycles. The Balaban J connectivity index is 2.02. The largest absolute Gasteiger partial charge is 0.262 e. The zero-order valence-corrected chi connectivity index (χ0v) is 13.7. The second-order valence-electron chi connectivity index (χ2n) is 5.46. The second-order valence-corrected chi connectivity index (χ2v) is 5.46. The summed E-state index contributed by atoms with van der Waals surface area (Å²) in [4.78, 5) is 4.56. The number of rotatable bonds is 4. The average molecular weight is 299 g/mol. The molecule has 0 atom stereocenters. The molecule has 7 nitrogen and oxygen atoms in total. The lowest BCUT2D eigenvalue weighted by atomic mass is 10.1. The maximum Gasteiger partial charge on any atom is 0.156 e. The van der Waals surface area contributed by atoms with Crippen LogP contribution in [0.2, 0.25) is 0 Å². The molecule has 0 bridgehead atoms. The maximum absolute atomic E-state index is 4.64. The molecular formula is C15H21N7. The SMILES string of the molecule is CCc1c(C)nn(Cc2nc(C)nn2-c2ccnn2C)c1C. The lowest BCUT2D eigenvalue weighted by Crippen LogP contribution is -2.13.